The number of rotatable bonds is 4. The zero-order valence-corrected chi connectivity index (χ0v) is 12.8. The predicted molar refractivity (Wildman–Crippen MR) is 77.1 cm³/mol. The van der Waals surface area contributed by atoms with Crippen molar-refractivity contribution in [3.8, 4) is 0 Å². The van der Waals surface area contributed by atoms with Crippen molar-refractivity contribution in [2.75, 3.05) is 6.54 Å². The number of nitrogens with zero attached hydrogens (tertiary/aromatic N) is 6. The van der Waals surface area contributed by atoms with Crippen LogP contribution in [0, 0.1) is 0 Å². The maximum Gasteiger partial charge on any atom is 0.243 e. The molecule has 2 aromatic rings. The highest BCUT2D eigenvalue weighted by Gasteiger charge is 2.34. The van der Waals surface area contributed by atoms with E-state index in [4.69, 9.17) is 4.52 Å². The maximum absolute atomic E-state index is 5.48. The Bertz CT molecular complexity index is 699. The average Bonchev–Trinajstić information content (AvgIpc) is 3.48. The summed E-state index contributed by atoms with van der Waals surface area (Å²) in [7, 11) is 0. The summed E-state index contributed by atoms with van der Waals surface area (Å²) in [6, 6.07) is 0.134. The van der Waals surface area contributed by atoms with Gasteiger partial charge in [0.25, 0.3) is 0 Å². The first-order valence-corrected chi connectivity index (χ1v) is 8.29. The molecule has 0 amide bonds. The molecule has 2 fully saturated rings. The van der Waals surface area contributed by atoms with Crippen LogP contribution in [0.1, 0.15) is 73.8 Å². The molecule has 5 rings (SSSR count). The molecule has 7 nitrogen and oxygen atoms in total. The summed E-state index contributed by atoms with van der Waals surface area (Å²) in [5.41, 5.74) is 0. The van der Waals surface area contributed by atoms with E-state index in [0.29, 0.717) is 11.8 Å². The molecule has 0 spiro atoms. The topological polar surface area (TPSA) is 72.9 Å². The molecule has 0 aromatic carbocycles. The average molecular weight is 300 g/mol. The smallest absolute Gasteiger partial charge is 0.243 e. The molecule has 1 atom stereocenters. The summed E-state index contributed by atoms with van der Waals surface area (Å²) >= 11 is 0. The van der Waals surface area contributed by atoms with Crippen LogP contribution in [0.25, 0.3) is 0 Å². The van der Waals surface area contributed by atoms with Crippen LogP contribution < -0.4 is 0 Å². The van der Waals surface area contributed by atoms with Crippen molar-refractivity contribution in [2.45, 2.75) is 63.6 Å². The molecule has 0 bridgehead atoms. The molecule has 3 heterocycles. The highest BCUT2D eigenvalue weighted by molar-refractivity contribution is 5.10. The fourth-order valence-electron chi connectivity index (χ4n) is 3.25. The second-order valence-electron chi connectivity index (χ2n) is 6.81. The van der Waals surface area contributed by atoms with Crippen molar-refractivity contribution in [3.63, 3.8) is 0 Å². The van der Waals surface area contributed by atoms with Crippen LogP contribution in [0.3, 0.4) is 0 Å². The van der Waals surface area contributed by atoms with Crippen LogP contribution in [-0.2, 0) is 13.1 Å². The van der Waals surface area contributed by atoms with Crippen molar-refractivity contribution in [2.24, 2.45) is 0 Å². The second kappa shape index (κ2) is 4.62. The first kappa shape index (κ1) is 12.8. The van der Waals surface area contributed by atoms with Gasteiger partial charge in [0.1, 0.15) is 11.6 Å². The number of aromatic nitrogens is 5. The molecule has 2 aliphatic carbocycles. The van der Waals surface area contributed by atoms with Gasteiger partial charge in [-0.25, -0.2) is 0 Å². The van der Waals surface area contributed by atoms with Crippen molar-refractivity contribution < 1.29 is 4.52 Å². The Hall–Kier alpha value is -1.76. The Kier molecular flexibility index (Phi) is 2.68. The standard InChI is InChI=1S/C15H20N6O/c1-9(15-16-13(19-22-15)10-2-3-10)20-6-7-21-12(8-20)17-18-14(21)11-4-5-11/h9-11H,2-8H2,1H3/t9-/m0/s1. The first-order valence-electron chi connectivity index (χ1n) is 8.29. The molecule has 7 heteroatoms. The fraction of sp³-hybridized carbons (Fsp3) is 0.733. The summed E-state index contributed by atoms with van der Waals surface area (Å²) in [6.07, 6.45) is 4.93. The van der Waals surface area contributed by atoms with Gasteiger partial charge >= 0.3 is 0 Å². The van der Waals surface area contributed by atoms with Gasteiger partial charge in [0.2, 0.25) is 5.89 Å². The summed E-state index contributed by atoms with van der Waals surface area (Å²) in [4.78, 5) is 6.94. The number of hydrogen-bond acceptors (Lipinski definition) is 6. The Morgan fingerprint density at radius 2 is 1.91 bits per heavy atom. The molecule has 0 unspecified atom stereocenters. The SMILES string of the molecule is C[C@@H](c1nc(C2CC2)no1)N1CCn2c(nnc2C2CC2)C1. The molecular weight excluding hydrogens is 280 g/mol. The lowest BCUT2D eigenvalue weighted by Gasteiger charge is -2.30. The zero-order chi connectivity index (χ0) is 14.7. The summed E-state index contributed by atoms with van der Waals surface area (Å²) < 4.78 is 7.79. The van der Waals surface area contributed by atoms with E-state index in [1.54, 1.807) is 0 Å². The van der Waals surface area contributed by atoms with Gasteiger partial charge < -0.3 is 9.09 Å². The number of fused-ring (bicyclic) bond motifs is 1. The summed E-state index contributed by atoms with van der Waals surface area (Å²) in [5, 5.41) is 12.9. The van der Waals surface area contributed by atoms with Gasteiger partial charge in [-0.15, -0.1) is 10.2 Å². The van der Waals surface area contributed by atoms with E-state index in [1.165, 1.54) is 31.5 Å². The Morgan fingerprint density at radius 3 is 2.68 bits per heavy atom. The molecule has 2 saturated carbocycles. The van der Waals surface area contributed by atoms with Crippen LogP contribution in [0.15, 0.2) is 4.52 Å². The van der Waals surface area contributed by atoms with Crippen molar-refractivity contribution in [1.29, 1.82) is 0 Å². The third-order valence-electron chi connectivity index (χ3n) is 5.06. The lowest BCUT2D eigenvalue weighted by atomic mass is 10.2. The lowest BCUT2D eigenvalue weighted by molar-refractivity contribution is 0.135. The van der Waals surface area contributed by atoms with Gasteiger partial charge in [-0.3, -0.25) is 4.90 Å². The van der Waals surface area contributed by atoms with Gasteiger partial charge in [-0.2, -0.15) is 4.98 Å². The lowest BCUT2D eigenvalue weighted by Crippen LogP contribution is -2.36. The largest absolute Gasteiger partial charge is 0.338 e. The van der Waals surface area contributed by atoms with Crippen LogP contribution in [-0.4, -0.2) is 36.3 Å². The minimum absolute atomic E-state index is 0.134. The summed E-state index contributed by atoms with van der Waals surface area (Å²) in [5.74, 6) is 5.07. The van der Waals surface area contributed by atoms with Crippen molar-refractivity contribution in [3.05, 3.63) is 23.4 Å². The van der Waals surface area contributed by atoms with Gasteiger partial charge in [0.05, 0.1) is 12.6 Å². The van der Waals surface area contributed by atoms with E-state index >= 15 is 0 Å². The fourth-order valence-corrected chi connectivity index (χ4v) is 3.25. The molecule has 0 N–H and O–H groups in total. The second-order valence-corrected chi connectivity index (χ2v) is 6.81. The van der Waals surface area contributed by atoms with E-state index in [1.807, 2.05) is 0 Å². The third kappa shape index (κ3) is 2.06. The van der Waals surface area contributed by atoms with Gasteiger partial charge in [-0.05, 0) is 32.6 Å². The van der Waals surface area contributed by atoms with E-state index in [9.17, 15) is 0 Å². The van der Waals surface area contributed by atoms with E-state index in [2.05, 4.69) is 36.7 Å². The van der Waals surface area contributed by atoms with Crippen LogP contribution >= 0.6 is 0 Å². The molecule has 22 heavy (non-hydrogen) atoms. The molecule has 0 radical (unpaired) electrons. The van der Waals surface area contributed by atoms with Crippen LogP contribution in [0.4, 0.5) is 0 Å². The predicted octanol–water partition coefficient (Wildman–Crippen LogP) is 1.99. The van der Waals surface area contributed by atoms with Gasteiger partial charge in [0, 0.05) is 24.9 Å². The first-order chi connectivity index (χ1) is 10.8. The normalized spacial score (nSPS) is 23.5. The third-order valence-corrected chi connectivity index (χ3v) is 5.06. The maximum atomic E-state index is 5.48. The molecule has 2 aromatic heterocycles. The quantitative estimate of drug-likeness (QED) is 0.860. The number of hydrogen-bond donors (Lipinski definition) is 0. The van der Waals surface area contributed by atoms with Gasteiger partial charge in [0.15, 0.2) is 5.82 Å². The molecular formula is C15H20N6O. The van der Waals surface area contributed by atoms with E-state index < -0.39 is 0 Å². The van der Waals surface area contributed by atoms with E-state index in [-0.39, 0.29) is 6.04 Å². The van der Waals surface area contributed by atoms with Gasteiger partial charge in [-0.1, -0.05) is 5.16 Å². The Balaban J connectivity index is 1.34. The molecule has 116 valence electrons. The highest BCUT2D eigenvalue weighted by atomic mass is 16.5. The zero-order valence-electron chi connectivity index (χ0n) is 12.8. The molecule has 0 saturated heterocycles. The Morgan fingerprint density at radius 1 is 1.09 bits per heavy atom. The summed E-state index contributed by atoms with van der Waals surface area (Å²) in [6.45, 7) is 4.88. The highest BCUT2D eigenvalue weighted by Crippen LogP contribution is 2.40. The Labute approximate surface area is 128 Å². The van der Waals surface area contributed by atoms with Crippen LogP contribution in [0.5, 0.6) is 0 Å². The monoisotopic (exact) mass is 300 g/mol. The minimum atomic E-state index is 0.134. The van der Waals surface area contributed by atoms with Crippen LogP contribution in [0.2, 0.25) is 0 Å². The van der Waals surface area contributed by atoms with E-state index in [0.717, 1.165) is 37.2 Å². The van der Waals surface area contributed by atoms with Crippen molar-refractivity contribution in [1.82, 2.24) is 29.8 Å². The minimum Gasteiger partial charge on any atom is -0.338 e. The van der Waals surface area contributed by atoms with Crippen molar-refractivity contribution >= 4 is 0 Å². The molecule has 1 aliphatic heterocycles. The molecule has 3 aliphatic rings.